The molecule has 23 heavy (non-hydrogen) atoms. The average Bonchev–Trinajstić information content (AvgIpc) is 3.36. The van der Waals surface area contributed by atoms with Crippen LogP contribution < -0.4 is 14.8 Å². The fraction of sp³-hybridized carbons (Fsp3) is 0.278. The number of ether oxygens (including phenoxy) is 2. The van der Waals surface area contributed by atoms with Gasteiger partial charge in [-0.1, -0.05) is 11.6 Å². The van der Waals surface area contributed by atoms with Crippen LogP contribution in [-0.4, -0.2) is 19.1 Å². The van der Waals surface area contributed by atoms with Crippen LogP contribution in [-0.2, 0) is 0 Å². The van der Waals surface area contributed by atoms with Crippen molar-refractivity contribution < 1.29 is 14.3 Å². The van der Waals surface area contributed by atoms with Crippen LogP contribution >= 0.6 is 11.6 Å². The lowest BCUT2D eigenvalue weighted by Gasteiger charge is -2.10. The lowest BCUT2D eigenvalue weighted by atomic mass is 10.1. The van der Waals surface area contributed by atoms with Crippen LogP contribution in [0, 0.1) is 5.41 Å². The number of hydrogen-bond acceptors (Lipinski definition) is 3. The fourth-order valence-electron chi connectivity index (χ4n) is 2.59. The van der Waals surface area contributed by atoms with Crippen molar-refractivity contribution in [1.29, 1.82) is 0 Å². The van der Waals surface area contributed by atoms with E-state index in [1.54, 1.807) is 42.5 Å². The fourth-order valence-corrected chi connectivity index (χ4v) is 2.71. The first-order valence-electron chi connectivity index (χ1n) is 7.60. The average molecular weight is 330 g/mol. The third-order valence-electron chi connectivity index (χ3n) is 4.33. The van der Waals surface area contributed by atoms with Crippen LogP contribution in [0.4, 0.5) is 5.69 Å². The van der Waals surface area contributed by atoms with Gasteiger partial charge in [0.1, 0.15) is 0 Å². The molecule has 0 atom stereocenters. The number of nitrogens with one attached hydrogen (secondary N) is 1. The third kappa shape index (κ3) is 2.99. The van der Waals surface area contributed by atoms with Crippen molar-refractivity contribution in [3.05, 3.63) is 53.1 Å². The normalized spacial score (nSPS) is 17.4. The van der Waals surface area contributed by atoms with Crippen molar-refractivity contribution >= 4 is 23.2 Å². The second-order valence-corrected chi connectivity index (χ2v) is 6.64. The molecule has 5 heteroatoms. The molecule has 0 saturated heterocycles. The molecule has 4 rings (SSSR count). The zero-order chi connectivity index (χ0) is 15.9. The van der Waals surface area contributed by atoms with Crippen LogP contribution in [0.5, 0.6) is 11.5 Å². The molecule has 4 nitrogen and oxygen atoms in total. The van der Waals surface area contributed by atoms with Gasteiger partial charge in [-0.15, -0.1) is 0 Å². The molecule has 0 radical (unpaired) electrons. The zero-order valence-corrected chi connectivity index (χ0v) is 13.2. The summed E-state index contributed by atoms with van der Waals surface area (Å²) >= 11 is 5.85. The van der Waals surface area contributed by atoms with Gasteiger partial charge in [0, 0.05) is 21.7 Å². The zero-order valence-electron chi connectivity index (χ0n) is 12.5. The Kier molecular flexibility index (Phi) is 3.42. The Labute approximate surface area is 139 Å². The van der Waals surface area contributed by atoms with E-state index in [-0.39, 0.29) is 11.3 Å². The van der Waals surface area contributed by atoms with Crippen LogP contribution in [0.3, 0.4) is 0 Å². The lowest BCUT2D eigenvalue weighted by molar-refractivity contribution is 0.102. The van der Waals surface area contributed by atoms with Gasteiger partial charge >= 0.3 is 0 Å². The number of anilines is 1. The number of amides is 1. The molecular formula is C18H16ClNO3. The van der Waals surface area contributed by atoms with E-state index in [0.29, 0.717) is 41.0 Å². The Hall–Kier alpha value is -2.20. The highest BCUT2D eigenvalue weighted by Crippen LogP contribution is 2.49. The largest absolute Gasteiger partial charge is 0.489 e. The lowest BCUT2D eigenvalue weighted by Crippen LogP contribution is -2.17. The Balaban J connectivity index is 1.52. The van der Waals surface area contributed by atoms with Crippen molar-refractivity contribution in [3.8, 4) is 11.5 Å². The Morgan fingerprint density at radius 2 is 1.70 bits per heavy atom. The summed E-state index contributed by atoms with van der Waals surface area (Å²) in [5.41, 5.74) is 1.42. The van der Waals surface area contributed by atoms with Gasteiger partial charge in [-0.25, -0.2) is 0 Å². The smallest absolute Gasteiger partial charge is 0.255 e. The van der Waals surface area contributed by atoms with Crippen molar-refractivity contribution in [3.63, 3.8) is 0 Å². The molecule has 118 valence electrons. The molecule has 1 amide bonds. The summed E-state index contributed by atoms with van der Waals surface area (Å²) in [5, 5.41) is 3.47. The number of carbonyl (C=O) groups is 1. The molecule has 2 aromatic carbocycles. The number of carbonyl (C=O) groups excluding carboxylic acids is 1. The first-order valence-corrected chi connectivity index (χ1v) is 7.98. The van der Waals surface area contributed by atoms with Crippen molar-refractivity contribution in [2.75, 3.05) is 18.5 Å². The van der Waals surface area contributed by atoms with Crippen LogP contribution in [0.1, 0.15) is 23.2 Å². The summed E-state index contributed by atoms with van der Waals surface area (Å²) in [7, 11) is 0. The molecule has 1 spiro atoms. The molecule has 0 bridgehead atoms. The van der Waals surface area contributed by atoms with Gasteiger partial charge in [-0.05, 0) is 55.3 Å². The number of fused-ring (bicyclic) bond motifs is 1. The van der Waals surface area contributed by atoms with E-state index in [0.717, 1.165) is 12.8 Å². The summed E-state index contributed by atoms with van der Waals surface area (Å²) in [6.45, 7) is 1.35. The molecule has 1 saturated carbocycles. The summed E-state index contributed by atoms with van der Waals surface area (Å²) < 4.78 is 11.7. The van der Waals surface area contributed by atoms with E-state index in [9.17, 15) is 4.79 Å². The number of rotatable bonds is 2. The SMILES string of the molecule is O=C(Nc1ccc(Cl)cc1)c1ccc2c(c1)OCC1(CC1)CO2. The van der Waals surface area contributed by atoms with Gasteiger partial charge in [0.25, 0.3) is 5.91 Å². The summed E-state index contributed by atoms with van der Waals surface area (Å²) in [4.78, 5) is 12.4. The number of hydrogen-bond donors (Lipinski definition) is 1. The number of halogens is 1. The highest BCUT2D eigenvalue weighted by Gasteiger charge is 2.46. The van der Waals surface area contributed by atoms with Crippen molar-refractivity contribution in [2.24, 2.45) is 5.41 Å². The van der Waals surface area contributed by atoms with E-state index in [1.165, 1.54) is 0 Å². The minimum atomic E-state index is -0.191. The summed E-state index contributed by atoms with van der Waals surface area (Å²) in [5.74, 6) is 1.15. The highest BCUT2D eigenvalue weighted by atomic mass is 35.5. The molecule has 1 aliphatic carbocycles. The maximum atomic E-state index is 12.4. The first kappa shape index (κ1) is 14.4. The van der Waals surface area contributed by atoms with Gasteiger partial charge in [0.15, 0.2) is 11.5 Å². The Bertz CT molecular complexity index is 753. The van der Waals surface area contributed by atoms with Crippen molar-refractivity contribution in [1.82, 2.24) is 0 Å². The van der Waals surface area contributed by atoms with Gasteiger partial charge < -0.3 is 14.8 Å². The first-order chi connectivity index (χ1) is 11.1. The number of benzene rings is 2. The highest BCUT2D eigenvalue weighted by molar-refractivity contribution is 6.30. The third-order valence-corrected chi connectivity index (χ3v) is 4.58. The van der Waals surface area contributed by atoms with Gasteiger partial charge in [0.2, 0.25) is 0 Å². The van der Waals surface area contributed by atoms with E-state index >= 15 is 0 Å². The molecular weight excluding hydrogens is 314 g/mol. The van der Waals surface area contributed by atoms with E-state index in [1.807, 2.05) is 0 Å². The molecule has 1 heterocycles. The predicted octanol–water partition coefficient (Wildman–Crippen LogP) is 4.14. The summed E-state index contributed by atoms with van der Waals surface area (Å²) in [6, 6.07) is 12.3. The van der Waals surface area contributed by atoms with Crippen LogP contribution in [0.15, 0.2) is 42.5 Å². The van der Waals surface area contributed by atoms with E-state index < -0.39 is 0 Å². The quantitative estimate of drug-likeness (QED) is 0.900. The molecule has 1 aliphatic heterocycles. The molecule has 0 aromatic heterocycles. The molecule has 1 fully saturated rings. The second kappa shape index (κ2) is 5.46. The van der Waals surface area contributed by atoms with Crippen LogP contribution in [0.25, 0.3) is 0 Å². The Morgan fingerprint density at radius 1 is 1.00 bits per heavy atom. The summed E-state index contributed by atoms with van der Waals surface area (Å²) in [6.07, 6.45) is 2.29. The van der Waals surface area contributed by atoms with Gasteiger partial charge in [0.05, 0.1) is 13.2 Å². The predicted molar refractivity (Wildman–Crippen MR) is 88.5 cm³/mol. The second-order valence-electron chi connectivity index (χ2n) is 6.20. The topological polar surface area (TPSA) is 47.6 Å². The molecule has 0 unspecified atom stereocenters. The van der Waals surface area contributed by atoms with Gasteiger partial charge in [-0.3, -0.25) is 4.79 Å². The molecule has 2 aromatic rings. The standard InChI is InChI=1S/C18H16ClNO3/c19-13-2-4-14(5-3-13)20-17(21)12-1-6-15-16(9-12)23-11-18(7-8-18)10-22-15/h1-6,9H,7-8,10-11H2,(H,20,21). The maximum absolute atomic E-state index is 12.4. The van der Waals surface area contributed by atoms with Gasteiger partial charge in [-0.2, -0.15) is 0 Å². The monoisotopic (exact) mass is 329 g/mol. The minimum Gasteiger partial charge on any atom is -0.489 e. The van der Waals surface area contributed by atoms with Crippen LogP contribution in [0.2, 0.25) is 5.02 Å². The molecule has 1 N–H and O–H groups in total. The minimum absolute atomic E-state index is 0.185. The molecule has 2 aliphatic rings. The maximum Gasteiger partial charge on any atom is 0.255 e. The van der Waals surface area contributed by atoms with E-state index in [4.69, 9.17) is 21.1 Å². The van der Waals surface area contributed by atoms with E-state index in [2.05, 4.69) is 5.32 Å². The Morgan fingerprint density at radius 3 is 2.39 bits per heavy atom. The van der Waals surface area contributed by atoms with Crippen molar-refractivity contribution in [2.45, 2.75) is 12.8 Å².